The molecule has 3 nitrogen and oxygen atoms in total. The highest BCUT2D eigenvalue weighted by Gasteiger charge is 2.44. The molecule has 1 fully saturated rings. The van der Waals surface area contributed by atoms with Gasteiger partial charge in [0.2, 0.25) is 0 Å². The average Bonchev–Trinajstić information content (AvgIpc) is 2.62. The lowest BCUT2D eigenvalue weighted by Gasteiger charge is -2.31. The maximum Gasteiger partial charge on any atom is 0.418 e. The third-order valence-corrected chi connectivity index (χ3v) is 4.16. The molecule has 19 heavy (non-hydrogen) atoms. The van der Waals surface area contributed by atoms with Crippen molar-refractivity contribution >= 4 is 11.4 Å². The van der Waals surface area contributed by atoms with Gasteiger partial charge in [-0.3, -0.25) is 0 Å². The molecule has 1 aromatic rings. The second-order valence-electron chi connectivity index (χ2n) is 5.28. The summed E-state index contributed by atoms with van der Waals surface area (Å²) in [5, 5.41) is 3.25. The van der Waals surface area contributed by atoms with E-state index in [1.807, 2.05) is 0 Å². The van der Waals surface area contributed by atoms with Crippen LogP contribution in [0.1, 0.15) is 23.5 Å². The minimum Gasteiger partial charge on any atom is -0.399 e. The van der Waals surface area contributed by atoms with E-state index in [0.717, 1.165) is 24.6 Å². The van der Waals surface area contributed by atoms with Crippen molar-refractivity contribution in [3.05, 3.63) is 23.3 Å². The van der Waals surface area contributed by atoms with E-state index in [2.05, 4.69) is 5.32 Å². The predicted molar refractivity (Wildman–Crippen MR) is 68.3 cm³/mol. The zero-order valence-electron chi connectivity index (χ0n) is 10.6. The van der Waals surface area contributed by atoms with Crippen molar-refractivity contribution in [3.63, 3.8) is 0 Å². The molecule has 1 saturated heterocycles. The molecule has 0 bridgehead atoms. The monoisotopic (exact) mass is 271 g/mol. The van der Waals surface area contributed by atoms with Crippen LogP contribution in [-0.2, 0) is 6.18 Å². The smallest absolute Gasteiger partial charge is 0.399 e. The van der Waals surface area contributed by atoms with E-state index in [4.69, 9.17) is 5.73 Å². The molecule has 2 atom stereocenters. The second kappa shape index (κ2) is 4.03. The summed E-state index contributed by atoms with van der Waals surface area (Å²) in [4.78, 5) is 1.78. The number of likely N-dealkylation sites (N-methyl/N-ethyl adjacent to an activating group) is 1. The standard InChI is InChI=1S/C13H16F3N3/c1-19-11-2-3-18-6-9(11)8-4-7(17)5-10(12(8)19)13(14,15)16/h4-5,9,11,18H,2-3,6,17H2,1H3. The number of benzene rings is 1. The molecule has 0 amide bonds. The fraction of sp³-hybridized carbons (Fsp3) is 0.538. The van der Waals surface area contributed by atoms with Crippen LogP contribution in [0.15, 0.2) is 12.1 Å². The number of halogens is 3. The summed E-state index contributed by atoms with van der Waals surface area (Å²) in [6, 6.07) is 2.87. The largest absolute Gasteiger partial charge is 0.418 e. The van der Waals surface area contributed by atoms with Crippen LogP contribution in [0.4, 0.5) is 24.5 Å². The van der Waals surface area contributed by atoms with Crippen molar-refractivity contribution in [2.45, 2.75) is 24.6 Å². The van der Waals surface area contributed by atoms with Crippen molar-refractivity contribution in [3.8, 4) is 0 Å². The molecule has 3 N–H and O–H groups in total. The molecule has 1 aromatic carbocycles. The highest BCUT2D eigenvalue weighted by molar-refractivity contribution is 5.71. The number of piperidine rings is 1. The molecule has 0 aromatic heterocycles. The summed E-state index contributed by atoms with van der Waals surface area (Å²) >= 11 is 0. The van der Waals surface area contributed by atoms with Gasteiger partial charge in [0.1, 0.15) is 0 Å². The first-order chi connectivity index (χ1) is 8.89. The van der Waals surface area contributed by atoms with Crippen LogP contribution < -0.4 is 16.0 Å². The Balaban J connectivity index is 2.18. The number of nitrogens with two attached hydrogens (primary N) is 1. The first kappa shape index (κ1) is 12.6. The normalized spacial score (nSPS) is 26.2. The first-order valence-electron chi connectivity index (χ1n) is 6.33. The Hall–Kier alpha value is -1.43. The van der Waals surface area contributed by atoms with Gasteiger partial charge in [0.25, 0.3) is 0 Å². The third-order valence-electron chi connectivity index (χ3n) is 4.16. The zero-order chi connectivity index (χ0) is 13.8. The van der Waals surface area contributed by atoms with Crippen molar-refractivity contribution in [2.24, 2.45) is 0 Å². The van der Waals surface area contributed by atoms with Crippen LogP contribution in [0, 0.1) is 0 Å². The molecule has 104 valence electrons. The number of anilines is 2. The van der Waals surface area contributed by atoms with Gasteiger partial charge in [-0.1, -0.05) is 0 Å². The van der Waals surface area contributed by atoms with Crippen LogP contribution in [0.5, 0.6) is 0 Å². The van der Waals surface area contributed by atoms with Crippen molar-refractivity contribution in [1.29, 1.82) is 0 Å². The van der Waals surface area contributed by atoms with Crippen LogP contribution in [-0.4, -0.2) is 26.2 Å². The minimum absolute atomic E-state index is 0.0957. The van der Waals surface area contributed by atoms with Crippen molar-refractivity contribution in [2.75, 3.05) is 30.8 Å². The number of hydrogen-bond donors (Lipinski definition) is 2. The summed E-state index contributed by atoms with van der Waals surface area (Å²) in [7, 11) is 1.75. The Morgan fingerprint density at radius 1 is 1.37 bits per heavy atom. The number of nitrogens with zero attached hydrogens (tertiary/aromatic N) is 1. The SMILES string of the molecule is CN1c2c(cc(N)cc2C(F)(F)F)C2CNCCC21. The number of nitrogens with one attached hydrogen (secondary N) is 1. The predicted octanol–water partition coefficient (Wildman–Crippen LogP) is 2.18. The Bertz CT molecular complexity index is 513. The second-order valence-corrected chi connectivity index (χ2v) is 5.28. The summed E-state index contributed by atoms with van der Waals surface area (Å²) in [5.74, 6) is 0.0957. The number of fused-ring (bicyclic) bond motifs is 3. The third kappa shape index (κ3) is 1.85. The number of rotatable bonds is 0. The molecular formula is C13H16F3N3. The maximum absolute atomic E-state index is 13.2. The van der Waals surface area contributed by atoms with E-state index >= 15 is 0 Å². The summed E-state index contributed by atoms with van der Waals surface area (Å²) in [5.41, 5.74) is 6.27. The van der Waals surface area contributed by atoms with Crippen LogP contribution in [0.2, 0.25) is 0 Å². The Labute approximate surface area is 109 Å². The zero-order valence-corrected chi connectivity index (χ0v) is 10.6. The van der Waals surface area contributed by atoms with Crippen LogP contribution >= 0.6 is 0 Å². The molecular weight excluding hydrogens is 255 g/mol. The number of nitrogen functional groups attached to an aromatic ring is 1. The van der Waals surface area contributed by atoms with E-state index in [9.17, 15) is 13.2 Å². The quantitative estimate of drug-likeness (QED) is 0.711. The fourth-order valence-electron chi connectivity index (χ4n) is 3.36. The lowest BCUT2D eigenvalue weighted by molar-refractivity contribution is -0.137. The molecule has 0 spiro atoms. The molecule has 0 saturated carbocycles. The molecule has 2 unspecified atom stereocenters. The van der Waals surface area contributed by atoms with Gasteiger partial charge in [0.15, 0.2) is 0 Å². The van der Waals surface area contributed by atoms with E-state index in [-0.39, 0.29) is 17.6 Å². The summed E-state index contributed by atoms with van der Waals surface area (Å²) in [6.45, 7) is 1.55. The van der Waals surface area contributed by atoms with Gasteiger partial charge < -0.3 is 16.0 Å². The van der Waals surface area contributed by atoms with Gasteiger partial charge in [-0.2, -0.15) is 13.2 Å². The maximum atomic E-state index is 13.2. The van der Waals surface area contributed by atoms with Gasteiger partial charge in [0.05, 0.1) is 11.3 Å². The molecule has 2 heterocycles. The highest BCUT2D eigenvalue weighted by atomic mass is 19.4. The van der Waals surface area contributed by atoms with E-state index in [1.54, 1.807) is 18.0 Å². The first-order valence-corrected chi connectivity index (χ1v) is 6.33. The Morgan fingerprint density at radius 2 is 2.11 bits per heavy atom. The molecule has 3 rings (SSSR count). The lowest BCUT2D eigenvalue weighted by Crippen LogP contribution is -2.42. The lowest BCUT2D eigenvalue weighted by atomic mass is 9.89. The van der Waals surface area contributed by atoms with Gasteiger partial charge in [-0.25, -0.2) is 0 Å². The van der Waals surface area contributed by atoms with E-state index in [0.29, 0.717) is 12.2 Å². The van der Waals surface area contributed by atoms with Gasteiger partial charge in [0, 0.05) is 31.2 Å². The van der Waals surface area contributed by atoms with Gasteiger partial charge >= 0.3 is 6.18 Å². The van der Waals surface area contributed by atoms with Crippen molar-refractivity contribution < 1.29 is 13.2 Å². The molecule has 0 aliphatic carbocycles. The molecule has 0 radical (unpaired) electrons. The Morgan fingerprint density at radius 3 is 2.79 bits per heavy atom. The van der Waals surface area contributed by atoms with E-state index in [1.165, 1.54) is 0 Å². The summed E-state index contributed by atoms with van der Waals surface area (Å²) in [6.07, 6.45) is -3.51. The highest BCUT2D eigenvalue weighted by Crippen LogP contribution is 2.49. The number of hydrogen-bond acceptors (Lipinski definition) is 3. The van der Waals surface area contributed by atoms with Crippen LogP contribution in [0.25, 0.3) is 0 Å². The van der Waals surface area contributed by atoms with Crippen LogP contribution in [0.3, 0.4) is 0 Å². The topological polar surface area (TPSA) is 41.3 Å². The summed E-state index contributed by atoms with van der Waals surface area (Å²) < 4.78 is 39.5. The Kier molecular flexibility index (Phi) is 2.67. The molecule has 2 aliphatic heterocycles. The van der Waals surface area contributed by atoms with Gasteiger partial charge in [-0.05, 0) is 30.7 Å². The molecule has 6 heteroatoms. The van der Waals surface area contributed by atoms with Crippen molar-refractivity contribution in [1.82, 2.24) is 5.32 Å². The fourth-order valence-corrected chi connectivity index (χ4v) is 3.36. The number of alkyl halides is 3. The van der Waals surface area contributed by atoms with Gasteiger partial charge in [-0.15, -0.1) is 0 Å². The van der Waals surface area contributed by atoms with E-state index < -0.39 is 11.7 Å². The minimum atomic E-state index is -4.37. The average molecular weight is 271 g/mol. The molecule has 2 aliphatic rings.